The maximum Gasteiger partial charge on any atom is 0.259 e. The third-order valence-electron chi connectivity index (χ3n) is 5.88. The zero-order valence-electron chi connectivity index (χ0n) is 19.1. The van der Waals surface area contributed by atoms with Crippen LogP contribution in [0.3, 0.4) is 0 Å². The summed E-state index contributed by atoms with van der Waals surface area (Å²) in [7, 11) is 3.47. The molecule has 1 amide bonds. The molecule has 6 heteroatoms. The van der Waals surface area contributed by atoms with Crippen LogP contribution in [-0.4, -0.2) is 30.0 Å². The average Bonchev–Trinajstić information content (AvgIpc) is 3.09. The van der Waals surface area contributed by atoms with Gasteiger partial charge in [-0.1, -0.05) is 36.4 Å². The summed E-state index contributed by atoms with van der Waals surface area (Å²) < 4.78 is 13.2. The Bertz CT molecular complexity index is 1350. The maximum absolute atomic E-state index is 13.2. The van der Waals surface area contributed by atoms with Gasteiger partial charge < -0.3 is 19.4 Å². The number of carbonyl (C=O) groups is 2. The molecule has 0 saturated carbocycles. The third kappa shape index (κ3) is 4.46. The van der Waals surface area contributed by atoms with Gasteiger partial charge in [0.1, 0.15) is 11.5 Å². The molecule has 6 nitrogen and oxygen atoms in total. The van der Waals surface area contributed by atoms with E-state index in [0.717, 1.165) is 22.2 Å². The van der Waals surface area contributed by atoms with Gasteiger partial charge in [0.05, 0.1) is 18.4 Å². The van der Waals surface area contributed by atoms with Crippen LogP contribution >= 0.6 is 0 Å². The highest BCUT2D eigenvalue weighted by molar-refractivity contribution is 6.09. The molecule has 0 fully saturated rings. The van der Waals surface area contributed by atoms with Crippen molar-refractivity contribution in [2.24, 2.45) is 7.05 Å². The smallest absolute Gasteiger partial charge is 0.259 e. The van der Waals surface area contributed by atoms with Crippen LogP contribution in [0.2, 0.25) is 0 Å². The number of anilines is 1. The normalized spacial score (nSPS) is 10.8. The van der Waals surface area contributed by atoms with Crippen LogP contribution in [0.15, 0.2) is 66.7 Å². The number of nitrogens with one attached hydrogen (secondary N) is 1. The molecule has 0 aliphatic rings. The number of nitrogens with zero attached hydrogens (tertiary/aromatic N) is 1. The van der Waals surface area contributed by atoms with E-state index in [1.54, 1.807) is 31.4 Å². The zero-order chi connectivity index (χ0) is 23.5. The quantitative estimate of drug-likeness (QED) is 0.394. The van der Waals surface area contributed by atoms with Crippen LogP contribution in [0.4, 0.5) is 5.69 Å². The molecular weight excluding hydrogens is 416 g/mol. The Kier molecular flexibility index (Phi) is 6.18. The number of carbonyl (C=O) groups excluding carboxylic acids is 2. The van der Waals surface area contributed by atoms with Crippen molar-refractivity contribution in [1.82, 2.24) is 4.57 Å². The number of amides is 1. The Morgan fingerprint density at radius 1 is 0.879 bits per heavy atom. The summed E-state index contributed by atoms with van der Waals surface area (Å²) in [6.45, 7) is 3.69. The van der Waals surface area contributed by atoms with Crippen molar-refractivity contribution in [3.05, 3.63) is 89.2 Å². The number of benzene rings is 3. The van der Waals surface area contributed by atoms with E-state index >= 15 is 0 Å². The standard InChI is InChI=1S/C27H26N2O4/c1-17-13-21(18(2)29(17)3)24(30)16-33-26-15-20-10-6-5-9-19(20)14-22(26)27(31)28-23-11-7-8-12-25(23)32-4/h5-15H,16H2,1-4H3,(H,28,31). The summed E-state index contributed by atoms with van der Waals surface area (Å²) in [5, 5.41) is 4.71. The molecule has 0 saturated heterocycles. The number of aryl methyl sites for hydroxylation is 1. The van der Waals surface area contributed by atoms with Crippen LogP contribution < -0.4 is 14.8 Å². The molecule has 0 bridgehead atoms. The molecule has 168 valence electrons. The van der Waals surface area contributed by atoms with E-state index < -0.39 is 0 Å². The summed E-state index contributed by atoms with van der Waals surface area (Å²) in [5.41, 5.74) is 3.40. The fourth-order valence-electron chi connectivity index (χ4n) is 3.81. The molecular formula is C27H26N2O4. The van der Waals surface area contributed by atoms with Gasteiger partial charge >= 0.3 is 0 Å². The average molecular weight is 443 g/mol. The molecule has 1 heterocycles. The van der Waals surface area contributed by atoms with Gasteiger partial charge in [0.2, 0.25) is 5.78 Å². The van der Waals surface area contributed by atoms with Gasteiger partial charge in [-0.05, 0) is 55.0 Å². The first-order valence-corrected chi connectivity index (χ1v) is 10.6. The molecule has 0 aliphatic carbocycles. The number of methoxy groups -OCH3 is 1. The SMILES string of the molecule is COc1ccccc1NC(=O)c1cc2ccccc2cc1OCC(=O)c1cc(C)n(C)c1C. The second kappa shape index (κ2) is 9.20. The van der Waals surface area contributed by atoms with Crippen molar-refractivity contribution in [2.45, 2.75) is 13.8 Å². The van der Waals surface area contributed by atoms with Crippen molar-refractivity contribution in [3.63, 3.8) is 0 Å². The van der Waals surface area contributed by atoms with Gasteiger partial charge in [-0.3, -0.25) is 9.59 Å². The molecule has 0 aliphatic heterocycles. The fourth-order valence-corrected chi connectivity index (χ4v) is 3.81. The summed E-state index contributed by atoms with van der Waals surface area (Å²) >= 11 is 0. The Morgan fingerprint density at radius 3 is 2.21 bits per heavy atom. The zero-order valence-corrected chi connectivity index (χ0v) is 19.1. The van der Waals surface area contributed by atoms with Gasteiger partial charge in [-0.25, -0.2) is 0 Å². The highest BCUT2D eigenvalue weighted by Gasteiger charge is 2.19. The van der Waals surface area contributed by atoms with Crippen LogP contribution in [0.5, 0.6) is 11.5 Å². The van der Waals surface area contributed by atoms with Crippen molar-refractivity contribution >= 4 is 28.2 Å². The van der Waals surface area contributed by atoms with Gasteiger partial charge in [0, 0.05) is 24.0 Å². The number of hydrogen-bond donors (Lipinski definition) is 1. The topological polar surface area (TPSA) is 69.6 Å². The molecule has 0 unspecified atom stereocenters. The monoisotopic (exact) mass is 442 g/mol. The highest BCUT2D eigenvalue weighted by Crippen LogP contribution is 2.29. The lowest BCUT2D eigenvalue weighted by atomic mass is 10.0. The van der Waals surface area contributed by atoms with E-state index in [9.17, 15) is 9.59 Å². The Labute approximate surface area is 192 Å². The highest BCUT2D eigenvalue weighted by atomic mass is 16.5. The lowest BCUT2D eigenvalue weighted by molar-refractivity contribution is 0.0913. The van der Waals surface area contributed by atoms with Crippen LogP contribution in [0.1, 0.15) is 32.1 Å². The third-order valence-corrected chi connectivity index (χ3v) is 5.88. The van der Waals surface area contributed by atoms with Crippen molar-refractivity contribution in [3.8, 4) is 11.5 Å². The number of ketones is 1. The maximum atomic E-state index is 13.2. The number of Topliss-reactive ketones (excluding diaryl/α,β-unsaturated/α-hetero) is 1. The van der Waals surface area contributed by atoms with Crippen LogP contribution in [0, 0.1) is 13.8 Å². The Balaban J connectivity index is 1.65. The molecule has 0 spiro atoms. The number of rotatable bonds is 7. The van der Waals surface area contributed by atoms with E-state index in [1.807, 2.05) is 67.9 Å². The summed E-state index contributed by atoms with van der Waals surface area (Å²) in [5.74, 6) is 0.416. The first-order chi connectivity index (χ1) is 15.9. The number of hydrogen-bond acceptors (Lipinski definition) is 4. The molecule has 0 radical (unpaired) electrons. The minimum atomic E-state index is -0.348. The van der Waals surface area contributed by atoms with E-state index in [0.29, 0.717) is 28.3 Å². The van der Waals surface area contributed by atoms with E-state index in [4.69, 9.17) is 9.47 Å². The Hall–Kier alpha value is -4.06. The molecule has 1 aromatic heterocycles. The predicted molar refractivity (Wildman–Crippen MR) is 130 cm³/mol. The molecule has 1 N–H and O–H groups in total. The molecule has 0 atom stereocenters. The molecule has 4 aromatic rings. The molecule has 3 aromatic carbocycles. The van der Waals surface area contributed by atoms with E-state index in [2.05, 4.69) is 5.32 Å². The molecule has 4 rings (SSSR count). The predicted octanol–water partition coefficient (Wildman–Crippen LogP) is 5.32. The van der Waals surface area contributed by atoms with Crippen molar-refractivity contribution in [1.29, 1.82) is 0 Å². The summed E-state index contributed by atoms with van der Waals surface area (Å²) in [6, 6.07) is 20.3. The van der Waals surface area contributed by atoms with E-state index in [1.165, 1.54) is 0 Å². The number of aromatic nitrogens is 1. The van der Waals surface area contributed by atoms with Gasteiger partial charge in [0.25, 0.3) is 5.91 Å². The van der Waals surface area contributed by atoms with E-state index in [-0.39, 0.29) is 18.3 Å². The second-order valence-corrected chi connectivity index (χ2v) is 7.91. The van der Waals surface area contributed by atoms with Crippen LogP contribution in [0.25, 0.3) is 10.8 Å². The van der Waals surface area contributed by atoms with Crippen LogP contribution in [-0.2, 0) is 7.05 Å². The largest absolute Gasteiger partial charge is 0.495 e. The first kappa shape index (κ1) is 22.1. The number of para-hydroxylation sites is 2. The van der Waals surface area contributed by atoms with Gasteiger partial charge in [-0.15, -0.1) is 0 Å². The summed E-state index contributed by atoms with van der Waals surface area (Å²) in [4.78, 5) is 26.1. The minimum absolute atomic E-state index is 0.138. The number of ether oxygens (including phenoxy) is 2. The lowest BCUT2D eigenvalue weighted by Crippen LogP contribution is -2.17. The number of fused-ring (bicyclic) bond motifs is 1. The fraction of sp³-hybridized carbons (Fsp3) is 0.185. The van der Waals surface area contributed by atoms with Crippen molar-refractivity contribution in [2.75, 3.05) is 19.0 Å². The minimum Gasteiger partial charge on any atom is -0.495 e. The second-order valence-electron chi connectivity index (χ2n) is 7.91. The summed E-state index contributed by atoms with van der Waals surface area (Å²) in [6.07, 6.45) is 0. The lowest BCUT2D eigenvalue weighted by Gasteiger charge is -2.14. The first-order valence-electron chi connectivity index (χ1n) is 10.6. The Morgan fingerprint density at radius 2 is 1.55 bits per heavy atom. The molecule has 33 heavy (non-hydrogen) atoms. The van der Waals surface area contributed by atoms with Gasteiger partial charge in [-0.2, -0.15) is 0 Å². The van der Waals surface area contributed by atoms with Gasteiger partial charge in [0.15, 0.2) is 6.61 Å². The van der Waals surface area contributed by atoms with Crippen molar-refractivity contribution < 1.29 is 19.1 Å².